The summed E-state index contributed by atoms with van der Waals surface area (Å²) in [7, 11) is -7.56. The van der Waals surface area contributed by atoms with Gasteiger partial charge in [0.25, 0.3) is 0 Å². The van der Waals surface area contributed by atoms with E-state index in [2.05, 4.69) is 10.1 Å². The predicted octanol–water partition coefficient (Wildman–Crippen LogP) is 0.00230. The third-order valence-electron chi connectivity index (χ3n) is 2.63. The van der Waals surface area contributed by atoms with E-state index in [9.17, 15) is 16.8 Å². The van der Waals surface area contributed by atoms with Crippen molar-refractivity contribution in [3.63, 3.8) is 0 Å². The fraction of sp³-hybridized carbons (Fsp3) is 0.273. The average Bonchev–Trinajstić information content (AvgIpc) is 2.84. The first-order chi connectivity index (χ1) is 9.64. The monoisotopic (exact) mass is 331 g/mol. The molecule has 2 rings (SSSR count). The van der Waals surface area contributed by atoms with Gasteiger partial charge in [-0.3, -0.25) is 0 Å². The number of hydrogen-bond acceptors (Lipinski definition) is 8. The molecule has 0 atom stereocenters. The van der Waals surface area contributed by atoms with E-state index in [1.54, 1.807) is 0 Å². The van der Waals surface area contributed by atoms with Crippen LogP contribution in [-0.2, 0) is 26.2 Å². The van der Waals surface area contributed by atoms with E-state index in [0.29, 0.717) is 0 Å². The molecule has 8 nitrogen and oxygen atoms in total. The Labute approximate surface area is 121 Å². The summed E-state index contributed by atoms with van der Waals surface area (Å²) in [5.74, 6) is 0.0931. The Hall–Kier alpha value is -1.78. The third-order valence-corrected chi connectivity index (χ3v) is 5.08. The molecule has 0 fully saturated rings. The lowest BCUT2D eigenvalue weighted by atomic mass is 10.2. The average molecular weight is 331 g/mol. The van der Waals surface area contributed by atoms with Crippen molar-refractivity contribution in [1.82, 2.24) is 10.1 Å². The zero-order valence-corrected chi connectivity index (χ0v) is 12.9. The summed E-state index contributed by atoms with van der Waals surface area (Å²) in [6.07, 6.45) is 1.85. The first-order valence-electron chi connectivity index (χ1n) is 5.70. The van der Waals surface area contributed by atoms with E-state index >= 15 is 0 Å². The van der Waals surface area contributed by atoms with Crippen molar-refractivity contribution in [3.05, 3.63) is 24.1 Å². The normalized spacial score (nSPS) is 12.5. The van der Waals surface area contributed by atoms with Crippen molar-refractivity contribution >= 4 is 19.7 Å². The van der Waals surface area contributed by atoms with Crippen molar-refractivity contribution in [3.8, 4) is 11.4 Å². The van der Waals surface area contributed by atoms with Gasteiger partial charge in [0.15, 0.2) is 19.7 Å². The minimum absolute atomic E-state index is 0.00697. The molecule has 0 unspecified atom stereocenters. The van der Waals surface area contributed by atoms with E-state index in [-0.39, 0.29) is 33.6 Å². The van der Waals surface area contributed by atoms with Gasteiger partial charge in [-0.15, -0.1) is 0 Å². The van der Waals surface area contributed by atoms with Crippen LogP contribution in [0.25, 0.3) is 11.4 Å². The molecule has 21 heavy (non-hydrogen) atoms. The Kier molecular flexibility index (Phi) is 3.87. The van der Waals surface area contributed by atoms with Crippen LogP contribution in [0.3, 0.4) is 0 Å². The summed E-state index contributed by atoms with van der Waals surface area (Å²) in [5.41, 5.74) is 5.41. The van der Waals surface area contributed by atoms with E-state index in [1.165, 1.54) is 18.2 Å². The summed E-state index contributed by atoms with van der Waals surface area (Å²) >= 11 is 0. The molecule has 1 aromatic carbocycles. The Balaban J connectivity index is 2.84. The summed E-state index contributed by atoms with van der Waals surface area (Å²) in [4.78, 5) is 3.28. The van der Waals surface area contributed by atoms with Gasteiger partial charge < -0.3 is 10.3 Å². The molecule has 0 radical (unpaired) electrons. The van der Waals surface area contributed by atoms with Crippen molar-refractivity contribution in [2.45, 2.75) is 16.3 Å². The SMILES string of the molecule is CS(=O)(=O)c1cccc(-c2noc(CN)n2)c1S(C)(=O)=O. The number of hydrogen-bond donors (Lipinski definition) is 1. The molecule has 1 heterocycles. The van der Waals surface area contributed by atoms with Crippen LogP contribution in [0.4, 0.5) is 0 Å². The highest BCUT2D eigenvalue weighted by Gasteiger charge is 2.26. The van der Waals surface area contributed by atoms with E-state index in [1.807, 2.05) is 0 Å². The van der Waals surface area contributed by atoms with Gasteiger partial charge in [-0.1, -0.05) is 11.2 Å². The standard InChI is InChI=1S/C11H13N3O5S2/c1-20(15,16)8-5-3-4-7(10(8)21(2,17)18)11-13-9(6-12)19-14-11/h3-5H,6,12H2,1-2H3. The first-order valence-corrected chi connectivity index (χ1v) is 9.49. The summed E-state index contributed by atoms with van der Waals surface area (Å²) in [6, 6.07) is 4.05. The second-order valence-electron chi connectivity index (χ2n) is 4.39. The Morgan fingerprint density at radius 3 is 2.29 bits per heavy atom. The van der Waals surface area contributed by atoms with Gasteiger partial charge in [-0.05, 0) is 12.1 Å². The Morgan fingerprint density at radius 1 is 1.14 bits per heavy atom. The highest BCUT2D eigenvalue weighted by Crippen LogP contribution is 2.31. The number of benzene rings is 1. The second kappa shape index (κ2) is 5.20. The zero-order chi connectivity index (χ0) is 15.8. The maximum Gasteiger partial charge on any atom is 0.240 e. The molecule has 0 saturated carbocycles. The van der Waals surface area contributed by atoms with Gasteiger partial charge in [0, 0.05) is 18.1 Å². The van der Waals surface area contributed by atoms with Crippen LogP contribution < -0.4 is 5.73 Å². The van der Waals surface area contributed by atoms with Crippen molar-refractivity contribution in [2.24, 2.45) is 5.73 Å². The smallest absolute Gasteiger partial charge is 0.240 e. The van der Waals surface area contributed by atoms with Crippen LogP contribution in [0.15, 0.2) is 32.5 Å². The van der Waals surface area contributed by atoms with Crippen LogP contribution in [0, 0.1) is 0 Å². The van der Waals surface area contributed by atoms with Crippen molar-refractivity contribution in [2.75, 3.05) is 12.5 Å². The Bertz CT molecular complexity index is 884. The van der Waals surface area contributed by atoms with Gasteiger partial charge in [-0.2, -0.15) is 4.98 Å². The lowest BCUT2D eigenvalue weighted by molar-refractivity contribution is 0.380. The van der Waals surface area contributed by atoms with Gasteiger partial charge in [-0.25, -0.2) is 16.8 Å². The molecule has 10 heteroatoms. The molecule has 1 aromatic heterocycles. The Morgan fingerprint density at radius 2 is 1.81 bits per heavy atom. The molecule has 0 aliphatic carbocycles. The molecule has 114 valence electrons. The lowest BCUT2D eigenvalue weighted by Gasteiger charge is -2.09. The first kappa shape index (κ1) is 15.6. The van der Waals surface area contributed by atoms with Crippen LogP contribution in [-0.4, -0.2) is 39.5 Å². The highest BCUT2D eigenvalue weighted by atomic mass is 32.2. The van der Waals surface area contributed by atoms with Crippen molar-refractivity contribution < 1.29 is 21.4 Å². The molecule has 0 amide bonds. The van der Waals surface area contributed by atoms with Gasteiger partial charge in [0.1, 0.15) is 0 Å². The van der Waals surface area contributed by atoms with Crippen LogP contribution >= 0.6 is 0 Å². The van der Waals surface area contributed by atoms with Crippen molar-refractivity contribution in [1.29, 1.82) is 0 Å². The minimum atomic E-state index is -3.82. The van der Waals surface area contributed by atoms with E-state index in [0.717, 1.165) is 12.5 Å². The molecule has 0 aliphatic heterocycles. The molecule has 0 spiro atoms. The topological polar surface area (TPSA) is 133 Å². The predicted molar refractivity (Wildman–Crippen MR) is 73.8 cm³/mol. The quantitative estimate of drug-likeness (QED) is 0.827. The summed E-state index contributed by atoms with van der Waals surface area (Å²) < 4.78 is 52.4. The molecular weight excluding hydrogens is 318 g/mol. The molecule has 2 N–H and O–H groups in total. The maximum atomic E-state index is 12.0. The number of nitrogens with two attached hydrogens (primary N) is 1. The van der Waals surface area contributed by atoms with Gasteiger partial charge in [0.2, 0.25) is 11.7 Å². The van der Waals surface area contributed by atoms with Crippen LogP contribution in [0.5, 0.6) is 0 Å². The second-order valence-corrected chi connectivity index (χ2v) is 8.33. The van der Waals surface area contributed by atoms with Gasteiger partial charge >= 0.3 is 0 Å². The molecule has 2 aromatic rings. The molecule has 0 bridgehead atoms. The molecule has 0 aliphatic rings. The lowest BCUT2D eigenvalue weighted by Crippen LogP contribution is -2.09. The number of rotatable bonds is 4. The maximum absolute atomic E-state index is 12.0. The number of nitrogens with zero attached hydrogens (tertiary/aromatic N) is 2. The third kappa shape index (κ3) is 3.12. The van der Waals surface area contributed by atoms with E-state index in [4.69, 9.17) is 10.3 Å². The molecule has 0 saturated heterocycles. The molecular formula is C11H13N3O5S2. The van der Waals surface area contributed by atoms with Crippen LogP contribution in [0.2, 0.25) is 0 Å². The fourth-order valence-electron chi connectivity index (χ4n) is 1.81. The number of sulfone groups is 2. The largest absolute Gasteiger partial charge is 0.338 e. The zero-order valence-electron chi connectivity index (χ0n) is 11.3. The summed E-state index contributed by atoms with van der Waals surface area (Å²) in [6.45, 7) is -0.00697. The van der Waals surface area contributed by atoms with Gasteiger partial charge in [0.05, 0.1) is 16.3 Å². The highest BCUT2D eigenvalue weighted by molar-refractivity contribution is 7.93. The summed E-state index contributed by atoms with van der Waals surface area (Å²) in [5, 5.41) is 3.63. The fourth-order valence-corrected chi connectivity index (χ4v) is 4.49. The number of aromatic nitrogens is 2. The minimum Gasteiger partial charge on any atom is -0.338 e. The van der Waals surface area contributed by atoms with Crippen LogP contribution in [0.1, 0.15) is 5.89 Å². The van der Waals surface area contributed by atoms with E-state index < -0.39 is 19.7 Å².